The van der Waals surface area contributed by atoms with E-state index in [1.807, 2.05) is 19.3 Å². The van der Waals surface area contributed by atoms with Crippen molar-refractivity contribution in [3.63, 3.8) is 0 Å². The topological polar surface area (TPSA) is 43.8 Å². The van der Waals surface area contributed by atoms with E-state index in [2.05, 4.69) is 40.7 Å². The van der Waals surface area contributed by atoms with E-state index in [1.165, 1.54) is 11.1 Å². The summed E-state index contributed by atoms with van der Waals surface area (Å²) in [5.41, 5.74) is 8.25. The smallest absolute Gasteiger partial charge is 0.105 e. The fraction of sp³-hybridized carbons (Fsp3) is 0.357. The van der Waals surface area contributed by atoms with E-state index in [0.29, 0.717) is 12.5 Å². The lowest BCUT2D eigenvalue weighted by Gasteiger charge is -2.10. The molecule has 0 fully saturated rings. The lowest BCUT2D eigenvalue weighted by Crippen LogP contribution is -2.09. The quantitative estimate of drug-likeness (QED) is 0.874. The van der Waals surface area contributed by atoms with Crippen molar-refractivity contribution in [1.29, 1.82) is 0 Å². The van der Waals surface area contributed by atoms with Crippen molar-refractivity contribution in [1.82, 2.24) is 9.55 Å². The molecule has 1 atom stereocenters. The number of rotatable bonds is 4. The molecule has 3 heteroatoms. The molecule has 0 aliphatic heterocycles. The van der Waals surface area contributed by atoms with E-state index in [0.717, 1.165) is 12.4 Å². The first-order valence-electron chi connectivity index (χ1n) is 5.97. The van der Waals surface area contributed by atoms with Crippen molar-refractivity contribution in [2.75, 3.05) is 6.54 Å². The normalized spacial score (nSPS) is 12.6. The van der Waals surface area contributed by atoms with Crippen LogP contribution in [0.15, 0.2) is 36.7 Å². The minimum atomic E-state index is 0.430. The van der Waals surface area contributed by atoms with Crippen molar-refractivity contribution in [2.45, 2.75) is 26.3 Å². The molecule has 1 aromatic carbocycles. The lowest BCUT2D eigenvalue weighted by molar-refractivity contribution is 0.754. The maximum atomic E-state index is 5.66. The molecule has 0 spiro atoms. The molecule has 0 amide bonds. The van der Waals surface area contributed by atoms with Crippen LogP contribution in [0.2, 0.25) is 0 Å². The third kappa shape index (κ3) is 2.74. The molecule has 3 nitrogen and oxygen atoms in total. The van der Waals surface area contributed by atoms with E-state index in [1.54, 1.807) is 0 Å². The molecule has 1 unspecified atom stereocenters. The third-order valence-corrected chi connectivity index (χ3v) is 3.18. The van der Waals surface area contributed by atoms with Gasteiger partial charge in [-0.05, 0) is 30.5 Å². The fourth-order valence-corrected chi connectivity index (χ4v) is 1.86. The molecule has 0 saturated carbocycles. The van der Waals surface area contributed by atoms with E-state index in [4.69, 9.17) is 5.73 Å². The first-order valence-corrected chi connectivity index (χ1v) is 5.97. The highest BCUT2D eigenvalue weighted by atomic mass is 15.0. The van der Waals surface area contributed by atoms with Crippen LogP contribution in [-0.4, -0.2) is 16.1 Å². The summed E-state index contributed by atoms with van der Waals surface area (Å²) >= 11 is 0. The van der Waals surface area contributed by atoms with Crippen molar-refractivity contribution in [2.24, 2.45) is 5.73 Å². The lowest BCUT2D eigenvalue weighted by atomic mass is 10.00. The second-order valence-corrected chi connectivity index (χ2v) is 4.48. The van der Waals surface area contributed by atoms with Crippen LogP contribution >= 0.6 is 0 Å². The molecule has 0 bridgehead atoms. The Balaban J connectivity index is 2.11. The number of hydrogen-bond acceptors (Lipinski definition) is 2. The van der Waals surface area contributed by atoms with Gasteiger partial charge in [-0.2, -0.15) is 0 Å². The SMILES string of the molecule is Cc1nccn1Cc1ccc(C(C)CN)cc1. The Morgan fingerprint density at radius 2 is 2.00 bits per heavy atom. The molecular formula is C14H19N3. The maximum Gasteiger partial charge on any atom is 0.105 e. The van der Waals surface area contributed by atoms with Crippen molar-refractivity contribution in [3.8, 4) is 0 Å². The Hall–Kier alpha value is -1.61. The summed E-state index contributed by atoms with van der Waals surface area (Å²) in [5.74, 6) is 1.48. The second kappa shape index (κ2) is 5.15. The number of aromatic nitrogens is 2. The summed E-state index contributed by atoms with van der Waals surface area (Å²) in [7, 11) is 0. The number of imidazole rings is 1. The summed E-state index contributed by atoms with van der Waals surface area (Å²) in [6.07, 6.45) is 3.84. The number of benzene rings is 1. The van der Waals surface area contributed by atoms with Gasteiger partial charge in [-0.3, -0.25) is 0 Å². The van der Waals surface area contributed by atoms with Gasteiger partial charge in [-0.1, -0.05) is 31.2 Å². The molecule has 17 heavy (non-hydrogen) atoms. The summed E-state index contributed by atoms with van der Waals surface area (Å²) in [6.45, 7) is 5.74. The Labute approximate surface area is 102 Å². The van der Waals surface area contributed by atoms with Crippen LogP contribution in [-0.2, 0) is 6.54 Å². The Bertz CT molecular complexity index is 470. The van der Waals surface area contributed by atoms with Crippen LogP contribution in [0.25, 0.3) is 0 Å². The molecule has 2 aromatic rings. The Morgan fingerprint density at radius 3 is 2.53 bits per heavy atom. The van der Waals surface area contributed by atoms with Gasteiger partial charge >= 0.3 is 0 Å². The van der Waals surface area contributed by atoms with Crippen molar-refractivity contribution in [3.05, 3.63) is 53.6 Å². The van der Waals surface area contributed by atoms with Gasteiger partial charge in [0.05, 0.1) is 0 Å². The monoisotopic (exact) mass is 229 g/mol. The van der Waals surface area contributed by atoms with Gasteiger partial charge in [0, 0.05) is 18.9 Å². The van der Waals surface area contributed by atoms with Crippen molar-refractivity contribution >= 4 is 0 Å². The Kier molecular flexibility index (Phi) is 3.59. The molecule has 2 N–H and O–H groups in total. The van der Waals surface area contributed by atoms with E-state index in [-0.39, 0.29) is 0 Å². The minimum absolute atomic E-state index is 0.430. The van der Waals surface area contributed by atoms with Gasteiger partial charge in [-0.15, -0.1) is 0 Å². The molecule has 90 valence electrons. The second-order valence-electron chi connectivity index (χ2n) is 4.48. The van der Waals surface area contributed by atoms with Gasteiger partial charge in [0.25, 0.3) is 0 Å². The molecule has 0 radical (unpaired) electrons. The zero-order valence-electron chi connectivity index (χ0n) is 10.4. The van der Waals surface area contributed by atoms with E-state index in [9.17, 15) is 0 Å². The van der Waals surface area contributed by atoms with Crippen LogP contribution < -0.4 is 5.73 Å². The molecule has 2 rings (SSSR count). The summed E-state index contributed by atoms with van der Waals surface area (Å²) in [6, 6.07) is 8.67. The first-order chi connectivity index (χ1) is 8.20. The van der Waals surface area contributed by atoms with Crippen LogP contribution in [0, 0.1) is 6.92 Å². The molecule has 1 heterocycles. The van der Waals surface area contributed by atoms with Crippen LogP contribution in [0.4, 0.5) is 0 Å². The highest BCUT2D eigenvalue weighted by molar-refractivity contribution is 5.25. The predicted molar refractivity (Wildman–Crippen MR) is 70.0 cm³/mol. The highest BCUT2D eigenvalue weighted by Crippen LogP contribution is 2.15. The van der Waals surface area contributed by atoms with Gasteiger partial charge in [0.15, 0.2) is 0 Å². The molecule has 0 aliphatic rings. The Morgan fingerprint density at radius 1 is 1.29 bits per heavy atom. The van der Waals surface area contributed by atoms with Crippen molar-refractivity contribution < 1.29 is 0 Å². The average molecular weight is 229 g/mol. The summed E-state index contributed by atoms with van der Waals surface area (Å²) < 4.78 is 2.14. The molecule has 0 aliphatic carbocycles. The number of hydrogen-bond donors (Lipinski definition) is 1. The predicted octanol–water partition coefficient (Wildman–Crippen LogP) is 2.30. The maximum absolute atomic E-state index is 5.66. The van der Waals surface area contributed by atoms with Gasteiger partial charge in [-0.25, -0.2) is 4.98 Å². The third-order valence-electron chi connectivity index (χ3n) is 3.18. The minimum Gasteiger partial charge on any atom is -0.331 e. The van der Waals surface area contributed by atoms with E-state index >= 15 is 0 Å². The van der Waals surface area contributed by atoms with Crippen LogP contribution in [0.3, 0.4) is 0 Å². The highest BCUT2D eigenvalue weighted by Gasteiger charge is 2.03. The molecular weight excluding hydrogens is 210 g/mol. The zero-order valence-corrected chi connectivity index (χ0v) is 10.4. The van der Waals surface area contributed by atoms with Crippen LogP contribution in [0.5, 0.6) is 0 Å². The van der Waals surface area contributed by atoms with Gasteiger partial charge in [0.2, 0.25) is 0 Å². The largest absolute Gasteiger partial charge is 0.331 e. The summed E-state index contributed by atoms with van der Waals surface area (Å²) in [5, 5.41) is 0. The average Bonchev–Trinajstić information content (AvgIpc) is 2.75. The number of nitrogens with zero attached hydrogens (tertiary/aromatic N) is 2. The standard InChI is InChI=1S/C14H19N3/c1-11(9-15)14-5-3-13(4-6-14)10-17-8-7-16-12(17)2/h3-8,11H,9-10,15H2,1-2H3. The molecule has 0 saturated heterocycles. The summed E-state index contributed by atoms with van der Waals surface area (Å²) in [4.78, 5) is 4.22. The number of nitrogens with two attached hydrogens (primary N) is 1. The first kappa shape index (κ1) is 11.9. The zero-order chi connectivity index (χ0) is 12.3. The van der Waals surface area contributed by atoms with Gasteiger partial charge in [0.1, 0.15) is 5.82 Å². The van der Waals surface area contributed by atoms with E-state index < -0.39 is 0 Å². The van der Waals surface area contributed by atoms with Gasteiger partial charge < -0.3 is 10.3 Å². The fourth-order valence-electron chi connectivity index (χ4n) is 1.86. The molecule has 1 aromatic heterocycles. The number of aryl methyl sites for hydroxylation is 1. The van der Waals surface area contributed by atoms with Crippen LogP contribution in [0.1, 0.15) is 29.8 Å².